The van der Waals surface area contributed by atoms with Crippen LogP contribution >= 0.6 is 0 Å². The number of nitrogens with zero attached hydrogens (tertiary/aromatic N) is 3. The van der Waals surface area contributed by atoms with E-state index in [9.17, 15) is 0 Å². The summed E-state index contributed by atoms with van der Waals surface area (Å²) in [6.45, 7) is 6.78. The third-order valence-corrected chi connectivity index (χ3v) is 9.61. The van der Waals surface area contributed by atoms with Gasteiger partial charge in [-0.05, 0) is 48.0 Å². The van der Waals surface area contributed by atoms with Crippen LogP contribution in [-0.2, 0) is 20.1 Å². The van der Waals surface area contributed by atoms with Crippen LogP contribution in [0, 0.1) is 12.1 Å². The summed E-state index contributed by atoms with van der Waals surface area (Å²) in [5.41, 5.74) is 7.05. The Bertz CT molecular complexity index is 2360. The molecular weight excluding hydrogens is 747 g/mol. The van der Waals surface area contributed by atoms with E-state index in [0.29, 0.717) is 11.3 Å². The van der Waals surface area contributed by atoms with Crippen molar-refractivity contribution >= 4 is 46.2 Å². The summed E-state index contributed by atoms with van der Waals surface area (Å²) in [5.74, 6) is 0.856. The van der Waals surface area contributed by atoms with Crippen LogP contribution in [0.3, 0.4) is 0 Å². The SMILES string of the molecule is [2H]c1[c-]c(-c2ccc([Si](C)(C)C)cn2)cc([2H])c1[2H].[Ir].[c-]1cc2c(cc1-c1nc3ccccc3n1-c1ccccc1)oc1ccccc12. The minimum absolute atomic E-state index is 0. The second-order valence-electron chi connectivity index (χ2n) is 11.6. The average molecular weight is 781 g/mol. The Morgan fingerprint density at radius 3 is 2.31 bits per heavy atom. The molecule has 0 atom stereocenters. The topological polar surface area (TPSA) is 43.9 Å². The van der Waals surface area contributed by atoms with Gasteiger partial charge in [0.05, 0.1) is 30.5 Å². The fourth-order valence-corrected chi connectivity index (χ4v) is 6.29. The van der Waals surface area contributed by atoms with Crippen LogP contribution in [-0.4, -0.2) is 22.6 Å². The van der Waals surface area contributed by atoms with Crippen molar-refractivity contribution in [3.05, 3.63) is 146 Å². The van der Waals surface area contributed by atoms with Crippen molar-refractivity contribution in [1.29, 1.82) is 0 Å². The Labute approximate surface area is 282 Å². The molecule has 6 heteroatoms. The molecule has 0 N–H and O–H groups in total. The molecule has 8 aromatic rings. The minimum Gasteiger partial charge on any atom is -0.476 e. The standard InChI is InChI=1S/C25H15N2O.C14H16NSi.Ir/c1-2-8-18(9-3-1)27-22-12-6-5-11-21(22)26-25(27)17-14-15-20-19-10-4-7-13-23(19)28-24(20)16-17;1-16(2,3)13-9-10-14(15-11-13)12-7-5-4-6-8-12;/h1-13,15-16H;4-7,9-11H,1-3H3;/q2*-1;/i;4D,5D,6D;. The van der Waals surface area contributed by atoms with E-state index in [1.54, 1.807) is 0 Å². The van der Waals surface area contributed by atoms with Gasteiger partial charge in [-0.1, -0.05) is 91.8 Å². The number of hydrogen-bond acceptors (Lipinski definition) is 3. The molecule has 1 radical (unpaired) electrons. The molecule has 5 aromatic carbocycles. The molecule has 3 aromatic heterocycles. The quantitative estimate of drug-likeness (QED) is 0.132. The Balaban J connectivity index is 0.000000177. The van der Waals surface area contributed by atoms with E-state index in [0.717, 1.165) is 50.0 Å². The predicted octanol–water partition coefficient (Wildman–Crippen LogP) is 9.48. The third-order valence-electron chi connectivity index (χ3n) is 7.58. The van der Waals surface area contributed by atoms with Gasteiger partial charge in [-0.25, -0.2) is 0 Å². The van der Waals surface area contributed by atoms with Gasteiger partial charge in [0, 0.05) is 34.7 Å². The van der Waals surface area contributed by atoms with Gasteiger partial charge in [0.1, 0.15) is 5.58 Å². The Morgan fingerprint density at radius 1 is 0.756 bits per heavy atom. The molecule has 223 valence electrons. The molecule has 4 nitrogen and oxygen atoms in total. The number of rotatable bonds is 4. The van der Waals surface area contributed by atoms with Crippen LogP contribution in [0.25, 0.3) is 61.3 Å². The molecule has 0 aliphatic rings. The molecule has 0 aliphatic heterocycles. The molecule has 0 unspecified atom stereocenters. The maximum absolute atomic E-state index is 7.64. The van der Waals surface area contributed by atoms with Crippen molar-refractivity contribution in [2.24, 2.45) is 0 Å². The summed E-state index contributed by atoms with van der Waals surface area (Å²) < 4.78 is 31.0. The summed E-state index contributed by atoms with van der Waals surface area (Å²) >= 11 is 0. The smallest absolute Gasteiger partial charge is 0.123 e. The molecular formula is C39H31IrN3OSi-2. The van der Waals surface area contributed by atoms with Crippen LogP contribution < -0.4 is 5.19 Å². The molecule has 45 heavy (non-hydrogen) atoms. The fourth-order valence-electron chi connectivity index (χ4n) is 5.25. The number of aromatic nitrogens is 3. The molecule has 3 heterocycles. The van der Waals surface area contributed by atoms with Crippen molar-refractivity contribution < 1.29 is 28.6 Å². The van der Waals surface area contributed by atoms with E-state index in [2.05, 4.69) is 71.7 Å². The second kappa shape index (κ2) is 12.8. The molecule has 8 rings (SSSR count). The zero-order valence-corrected chi connectivity index (χ0v) is 28.4. The molecule has 0 saturated carbocycles. The minimum atomic E-state index is -1.36. The molecule has 0 spiro atoms. The van der Waals surface area contributed by atoms with Gasteiger partial charge >= 0.3 is 0 Å². The van der Waals surface area contributed by atoms with Gasteiger partial charge in [-0.2, -0.15) is 0 Å². The summed E-state index contributed by atoms with van der Waals surface area (Å²) in [7, 11) is -1.36. The Hall–Kier alpha value is -4.61. The molecule has 0 saturated heterocycles. The first-order valence-electron chi connectivity index (χ1n) is 16.0. The number of benzene rings is 5. The van der Waals surface area contributed by atoms with Crippen LogP contribution in [0.2, 0.25) is 19.6 Å². The fraction of sp³-hybridized carbons (Fsp3) is 0.0769. The first-order chi connectivity index (χ1) is 22.7. The summed E-state index contributed by atoms with van der Waals surface area (Å²) in [6, 6.07) is 42.2. The van der Waals surface area contributed by atoms with Crippen LogP contribution in [0.15, 0.2) is 138 Å². The van der Waals surface area contributed by atoms with Gasteiger partial charge in [0.2, 0.25) is 0 Å². The number of para-hydroxylation sites is 4. The van der Waals surface area contributed by atoms with Gasteiger partial charge in [0.15, 0.2) is 0 Å². The van der Waals surface area contributed by atoms with Gasteiger partial charge in [0.25, 0.3) is 0 Å². The molecule has 0 amide bonds. The predicted molar refractivity (Wildman–Crippen MR) is 184 cm³/mol. The summed E-state index contributed by atoms with van der Waals surface area (Å²) in [6.07, 6.45) is 1.87. The summed E-state index contributed by atoms with van der Waals surface area (Å²) in [4.78, 5) is 9.31. The molecule has 0 fully saturated rings. The van der Waals surface area contributed by atoms with Crippen molar-refractivity contribution in [3.8, 4) is 28.3 Å². The van der Waals surface area contributed by atoms with Gasteiger partial charge in [-0.15, -0.1) is 53.5 Å². The van der Waals surface area contributed by atoms with E-state index < -0.39 is 8.07 Å². The number of pyridine rings is 1. The van der Waals surface area contributed by atoms with E-state index in [1.165, 1.54) is 11.3 Å². The monoisotopic (exact) mass is 781 g/mol. The van der Waals surface area contributed by atoms with Crippen molar-refractivity contribution in [2.45, 2.75) is 19.6 Å². The van der Waals surface area contributed by atoms with Gasteiger partial charge in [-0.3, -0.25) is 4.98 Å². The normalized spacial score (nSPS) is 12.2. The van der Waals surface area contributed by atoms with E-state index in [-0.39, 0.29) is 38.2 Å². The van der Waals surface area contributed by atoms with Crippen LogP contribution in [0.5, 0.6) is 0 Å². The number of imidazole rings is 1. The van der Waals surface area contributed by atoms with Crippen LogP contribution in [0.4, 0.5) is 0 Å². The number of hydrogen-bond donors (Lipinski definition) is 0. The first kappa shape index (κ1) is 26.8. The zero-order valence-electron chi connectivity index (χ0n) is 28.1. The summed E-state index contributed by atoms with van der Waals surface area (Å²) in [5, 5.41) is 3.45. The first-order valence-corrected chi connectivity index (χ1v) is 18.0. The zero-order chi connectivity index (χ0) is 32.7. The maximum atomic E-state index is 7.64. The number of furan rings is 1. The van der Waals surface area contributed by atoms with Crippen LogP contribution in [0.1, 0.15) is 4.11 Å². The molecule has 0 bridgehead atoms. The van der Waals surface area contributed by atoms with Crippen molar-refractivity contribution in [1.82, 2.24) is 14.5 Å². The third kappa shape index (κ3) is 6.18. The number of fused-ring (bicyclic) bond motifs is 4. The van der Waals surface area contributed by atoms with E-state index in [1.807, 2.05) is 79.0 Å². The van der Waals surface area contributed by atoms with Gasteiger partial charge < -0.3 is 14.0 Å². The average Bonchev–Trinajstić information content (AvgIpc) is 3.66. The van der Waals surface area contributed by atoms with E-state index >= 15 is 0 Å². The van der Waals surface area contributed by atoms with E-state index in [4.69, 9.17) is 13.5 Å². The molecule has 0 aliphatic carbocycles. The van der Waals surface area contributed by atoms with Crippen molar-refractivity contribution in [2.75, 3.05) is 0 Å². The maximum Gasteiger partial charge on any atom is 0.123 e. The second-order valence-corrected chi connectivity index (χ2v) is 16.7. The Morgan fingerprint density at radius 2 is 1.53 bits per heavy atom. The largest absolute Gasteiger partial charge is 0.476 e. The Kier molecular flexibility index (Phi) is 7.60. The van der Waals surface area contributed by atoms with Crippen molar-refractivity contribution in [3.63, 3.8) is 0 Å².